The summed E-state index contributed by atoms with van der Waals surface area (Å²) in [6.45, 7) is 6.62. The molecule has 0 aliphatic carbocycles. The second-order valence-corrected chi connectivity index (χ2v) is 11.1. The number of hydrogen-bond acceptors (Lipinski definition) is 8. The van der Waals surface area contributed by atoms with Crippen LogP contribution in [0, 0.1) is 5.92 Å². The number of aryl methyl sites for hydroxylation is 1. The number of carbonyl (C=O) groups is 4. The maximum atomic E-state index is 13.1. The van der Waals surface area contributed by atoms with Gasteiger partial charge in [-0.05, 0) is 62.0 Å². The van der Waals surface area contributed by atoms with Gasteiger partial charge in [-0.1, -0.05) is 19.1 Å². The quantitative estimate of drug-likeness (QED) is 0.390. The number of aromatic nitrogens is 3. The van der Waals surface area contributed by atoms with E-state index >= 15 is 0 Å². The second kappa shape index (κ2) is 15.2. The summed E-state index contributed by atoms with van der Waals surface area (Å²) < 4.78 is 7.46. The first kappa shape index (κ1) is 30.9. The highest BCUT2D eigenvalue weighted by Gasteiger charge is 2.28. The monoisotopic (exact) mass is 573 g/mol. The average Bonchev–Trinajstić information content (AvgIpc) is 3.38. The third-order valence-electron chi connectivity index (χ3n) is 6.27. The van der Waals surface area contributed by atoms with E-state index < -0.39 is 35.8 Å². The van der Waals surface area contributed by atoms with Crippen LogP contribution in [0.1, 0.15) is 56.1 Å². The molecule has 2 aromatic rings. The molecular formula is C27H39N7O5S. The van der Waals surface area contributed by atoms with Gasteiger partial charge in [0.25, 0.3) is 5.91 Å². The zero-order valence-electron chi connectivity index (χ0n) is 23.4. The molecule has 12 nitrogen and oxygen atoms in total. The van der Waals surface area contributed by atoms with Crippen LogP contribution >= 0.6 is 11.8 Å². The lowest BCUT2D eigenvalue weighted by atomic mass is 10.0. The molecule has 4 amide bonds. The summed E-state index contributed by atoms with van der Waals surface area (Å²) in [5, 5.41) is 19.3. The molecule has 3 atom stereocenters. The Hall–Kier alpha value is -3.61. The van der Waals surface area contributed by atoms with E-state index in [1.807, 2.05) is 20.1 Å². The Kier molecular flexibility index (Phi) is 11.8. The molecule has 0 fully saturated rings. The molecule has 40 heavy (non-hydrogen) atoms. The molecule has 2 aliphatic heterocycles. The lowest BCUT2D eigenvalue weighted by molar-refractivity contribution is -0.132. The highest BCUT2D eigenvalue weighted by atomic mass is 32.2. The Balaban J connectivity index is 1.80. The van der Waals surface area contributed by atoms with Crippen LogP contribution < -0.4 is 26.0 Å². The highest BCUT2D eigenvalue weighted by Crippen LogP contribution is 2.14. The van der Waals surface area contributed by atoms with Gasteiger partial charge in [-0.3, -0.25) is 23.9 Å². The van der Waals surface area contributed by atoms with Crippen molar-refractivity contribution in [1.29, 1.82) is 0 Å². The zero-order valence-corrected chi connectivity index (χ0v) is 24.3. The smallest absolute Gasteiger partial charge is 0.251 e. The first-order valence-corrected chi connectivity index (χ1v) is 14.9. The first-order chi connectivity index (χ1) is 19.2. The van der Waals surface area contributed by atoms with Crippen LogP contribution in [0.2, 0.25) is 0 Å². The molecule has 1 aromatic heterocycles. The number of hydrogen-bond donors (Lipinski definition) is 4. The van der Waals surface area contributed by atoms with Gasteiger partial charge in [0.1, 0.15) is 29.6 Å². The third-order valence-corrected chi connectivity index (χ3v) is 6.92. The fourth-order valence-corrected chi connectivity index (χ4v) is 4.55. The van der Waals surface area contributed by atoms with Gasteiger partial charge in [0, 0.05) is 18.5 Å². The number of nitrogens with zero attached hydrogens (tertiary/aromatic N) is 3. The van der Waals surface area contributed by atoms with E-state index in [4.69, 9.17) is 4.74 Å². The number of rotatable bonds is 5. The summed E-state index contributed by atoms with van der Waals surface area (Å²) in [6, 6.07) is 4.13. The summed E-state index contributed by atoms with van der Waals surface area (Å²) in [7, 11) is 0. The van der Waals surface area contributed by atoms with E-state index in [0.29, 0.717) is 55.2 Å². The van der Waals surface area contributed by atoms with Crippen molar-refractivity contribution in [3.63, 3.8) is 0 Å². The fourth-order valence-electron chi connectivity index (χ4n) is 4.07. The highest BCUT2D eigenvalue weighted by molar-refractivity contribution is 7.98. The van der Waals surface area contributed by atoms with Gasteiger partial charge in [0.15, 0.2) is 0 Å². The van der Waals surface area contributed by atoms with E-state index in [-0.39, 0.29) is 18.4 Å². The number of fused-ring (bicyclic) bond motifs is 16. The lowest BCUT2D eigenvalue weighted by Gasteiger charge is -2.24. The molecule has 4 rings (SSSR count). The summed E-state index contributed by atoms with van der Waals surface area (Å²) >= 11 is 1.55. The van der Waals surface area contributed by atoms with Crippen molar-refractivity contribution < 1.29 is 23.9 Å². The minimum absolute atomic E-state index is 0.131. The zero-order chi connectivity index (χ0) is 29.1. The number of thioether (sulfide) groups is 1. The van der Waals surface area contributed by atoms with Crippen molar-refractivity contribution in [2.75, 3.05) is 18.6 Å². The van der Waals surface area contributed by atoms with Crippen molar-refractivity contribution in [2.24, 2.45) is 5.92 Å². The summed E-state index contributed by atoms with van der Waals surface area (Å²) in [4.78, 5) is 52.0. The topological polar surface area (TPSA) is 156 Å². The van der Waals surface area contributed by atoms with Gasteiger partial charge in [0.2, 0.25) is 17.7 Å². The molecular weight excluding hydrogens is 534 g/mol. The van der Waals surface area contributed by atoms with Gasteiger partial charge in [-0.25, -0.2) is 0 Å². The molecule has 0 saturated heterocycles. The minimum atomic E-state index is -0.929. The normalized spacial score (nSPS) is 21.7. The van der Waals surface area contributed by atoms with Crippen LogP contribution in [-0.2, 0) is 27.5 Å². The Labute approximate surface area is 238 Å². The van der Waals surface area contributed by atoms with Gasteiger partial charge in [-0.2, -0.15) is 11.8 Å². The maximum absolute atomic E-state index is 13.1. The van der Waals surface area contributed by atoms with Gasteiger partial charge in [-0.15, -0.1) is 5.10 Å². The van der Waals surface area contributed by atoms with Crippen LogP contribution in [0.15, 0.2) is 30.5 Å². The molecule has 0 spiro atoms. The average molecular weight is 574 g/mol. The molecule has 4 N–H and O–H groups in total. The van der Waals surface area contributed by atoms with Crippen LogP contribution in [-0.4, -0.2) is 75.4 Å². The Morgan fingerprint density at radius 2 is 1.77 bits per heavy atom. The Bertz CT molecular complexity index is 1150. The Morgan fingerprint density at radius 1 is 1.02 bits per heavy atom. The van der Waals surface area contributed by atoms with Crippen molar-refractivity contribution >= 4 is 35.4 Å². The first-order valence-electron chi connectivity index (χ1n) is 13.5. The molecule has 218 valence electrons. The van der Waals surface area contributed by atoms with Crippen molar-refractivity contribution in [3.8, 4) is 5.75 Å². The summed E-state index contributed by atoms with van der Waals surface area (Å²) in [6.07, 6.45) is 5.13. The van der Waals surface area contributed by atoms with Crippen LogP contribution in [0.3, 0.4) is 0 Å². The minimum Gasteiger partial charge on any atom is -0.494 e. The molecule has 0 saturated carbocycles. The largest absolute Gasteiger partial charge is 0.494 e. The van der Waals surface area contributed by atoms with Crippen molar-refractivity contribution in [2.45, 2.75) is 71.2 Å². The number of benzene rings is 1. The summed E-state index contributed by atoms with van der Waals surface area (Å²) in [5.41, 5.74) is 0.975. The standard InChI is InChI=1S/C27H39N7O5S/c1-17(2)14-23-26(37)28-15-20-16-34(33-32-20)11-5-12-39-21-8-6-19(7-9-21)25(36)30-22(10-13-40-4)27(38)29-18(3)24(35)31-23/h6-9,16-18,22-23H,5,10-15H2,1-4H3,(H,28,37)(H,29,38)(H,30,36)(H,31,35)/t18-,22+,23-/m1/s1. The molecule has 1 aromatic carbocycles. The number of amides is 4. The number of ether oxygens (including phenoxy) is 1. The van der Waals surface area contributed by atoms with E-state index in [2.05, 4.69) is 31.6 Å². The number of nitrogens with one attached hydrogen (secondary N) is 4. The molecule has 2 aliphatic rings. The molecule has 4 bridgehead atoms. The SMILES string of the molecule is CSCC[C@@H]1NC(=O)c2ccc(cc2)OCCCn2cc(nn2)CNC(=O)[C@@H](CC(C)C)NC(=O)[C@@H](C)NC1=O. The predicted octanol–water partition coefficient (Wildman–Crippen LogP) is 1.26. The molecule has 0 unspecified atom stereocenters. The van der Waals surface area contributed by atoms with Crippen molar-refractivity contribution in [3.05, 3.63) is 41.7 Å². The predicted molar refractivity (Wildman–Crippen MR) is 152 cm³/mol. The van der Waals surface area contributed by atoms with Crippen LogP contribution in [0.25, 0.3) is 0 Å². The van der Waals surface area contributed by atoms with Crippen LogP contribution in [0.4, 0.5) is 0 Å². The van der Waals surface area contributed by atoms with Gasteiger partial charge >= 0.3 is 0 Å². The van der Waals surface area contributed by atoms with E-state index in [9.17, 15) is 19.2 Å². The van der Waals surface area contributed by atoms with E-state index in [1.54, 1.807) is 53.8 Å². The lowest BCUT2D eigenvalue weighted by Crippen LogP contribution is -2.56. The van der Waals surface area contributed by atoms with Crippen LogP contribution in [0.5, 0.6) is 5.75 Å². The molecule has 3 heterocycles. The fraction of sp³-hybridized carbons (Fsp3) is 0.556. The van der Waals surface area contributed by atoms with Gasteiger partial charge < -0.3 is 26.0 Å². The van der Waals surface area contributed by atoms with E-state index in [0.717, 1.165) is 0 Å². The second-order valence-electron chi connectivity index (χ2n) is 10.1. The molecule has 13 heteroatoms. The van der Waals surface area contributed by atoms with E-state index in [1.165, 1.54) is 0 Å². The maximum Gasteiger partial charge on any atom is 0.251 e. The van der Waals surface area contributed by atoms with Gasteiger partial charge in [0.05, 0.1) is 19.3 Å². The third kappa shape index (κ3) is 9.54. The summed E-state index contributed by atoms with van der Waals surface area (Å²) in [5.74, 6) is -0.345. The molecule has 0 radical (unpaired) electrons. The Morgan fingerprint density at radius 3 is 2.48 bits per heavy atom. The van der Waals surface area contributed by atoms with Crippen molar-refractivity contribution in [1.82, 2.24) is 36.3 Å². The number of carbonyl (C=O) groups excluding carboxylic acids is 4.